The van der Waals surface area contributed by atoms with Crippen molar-refractivity contribution in [2.75, 3.05) is 0 Å². The molecule has 7 rings (SSSR count). The van der Waals surface area contributed by atoms with Crippen LogP contribution in [0.5, 0.6) is 0 Å². The van der Waals surface area contributed by atoms with Crippen LogP contribution in [0.25, 0.3) is 22.0 Å². The van der Waals surface area contributed by atoms with Crippen molar-refractivity contribution >= 4 is 16.8 Å². The highest BCUT2D eigenvalue weighted by Gasteiger charge is 2.61. The Morgan fingerprint density at radius 3 is 2.41 bits per heavy atom. The van der Waals surface area contributed by atoms with Crippen LogP contribution in [0.2, 0.25) is 0 Å². The molecular formula is C37H27F7N6O4. The van der Waals surface area contributed by atoms with Crippen LogP contribution in [0.4, 0.5) is 30.7 Å². The van der Waals surface area contributed by atoms with Crippen molar-refractivity contribution in [3.05, 3.63) is 127 Å². The lowest BCUT2D eigenvalue weighted by atomic mass is 9.81. The summed E-state index contributed by atoms with van der Waals surface area (Å²) in [5, 5.41) is 16.3. The fraction of sp³-hybridized carbons (Fsp3) is 0.270. The molecule has 0 saturated carbocycles. The number of carbonyl (C=O) groups excluding carboxylic acids is 1. The zero-order valence-corrected chi connectivity index (χ0v) is 28.1. The second kappa shape index (κ2) is 12.8. The number of aromatic nitrogens is 5. The first-order valence-corrected chi connectivity index (χ1v) is 16.3. The molecular weight excluding hydrogens is 725 g/mol. The normalized spacial score (nSPS) is 17.7. The lowest BCUT2D eigenvalue weighted by Gasteiger charge is -2.27. The number of hydrogen-bond donors (Lipinski definition) is 4. The highest BCUT2D eigenvalue weighted by molar-refractivity contribution is 5.93. The van der Waals surface area contributed by atoms with E-state index in [1.165, 1.54) is 50.3 Å². The Labute approximate surface area is 299 Å². The van der Waals surface area contributed by atoms with Crippen molar-refractivity contribution in [2.24, 2.45) is 5.92 Å². The summed E-state index contributed by atoms with van der Waals surface area (Å²) in [5.74, 6) is -4.38. The Balaban J connectivity index is 1.38. The van der Waals surface area contributed by atoms with Gasteiger partial charge in [0, 0.05) is 28.7 Å². The van der Waals surface area contributed by atoms with Crippen LogP contribution >= 0.6 is 0 Å². The number of carbonyl (C=O) groups is 1. The second-order valence-electron chi connectivity index (χ2n) is 13.5. The summed E-state index contributed by atoms with van der Waals surface area (Å²) >= 11 is 0. The Morgan fingerprint density at radius 1 is 1.04 bits per heavy atom. The van der Waals surface area contributed by atoms with E-state index < -0.39 is 94.3 Å². The van der Waals surface area contributed by atoms with Gasteiger partial charge in [-0.3, -0.25) is 19.3 Å². The first-order valence-electron chi connectivity index (χ1n) is 16.3. The minimum Gasteiger partial charge on any atom is -0.378 e. The number of allylic oxidation sites excluding steroid dienone is 2. The number of nitrogens with zero attached hydrogens (tertiary/aromatic N) is 3. The third-order valence-electron chi connectivity index (χ3n) is 9.04. The minimum atomic E-state index is -5.12. The number of aliphatic hydroxyl groups is 1. The van der Waals surface area contributed by atoms with Gasteiger partial charge in [-0.1, -0.05) is 30.2 Å². The molecule has 278 valence electrons. The van der Waals surface area contributed by atoms with E-state index in [1.54, 1.807) is 0 Å². The molecule has 0 saturated heterocycles. The quantitative estimate of drug-likeness (QED) is 0.100. The molecule has 4 N–H and O–H groups in total. The number of amides is 1. The highest BCUT2D eigenvalue weighted by atomic mass is 19.4. The van der Waals surface area contributed by atoms with Crippen molar-refractivity contribution in [3.63, 3.8) is 0 Å². The van der Waals surface area contributed by atoms with Crippen LogP contribution in [0.15, 0.2) is 70.3 Å². The van der Waals surface area contributed by atoms with Gasteiger partial charge in [-0.2, -0.15) is 27.1 Å². The number of rotatable bonds is 7. The lowest BCUT2D eigenvalue weighted by molar-refractivity contribution is -0.142. The van der Waals surface area contributed by atoms with Gasteiger partial charge in [0.2, 0.25) is 5.91 Å². The first-order chi connectivity index (χ1) is 25.3. The van der Waals surface area contributed by atoms with Crippen LogP contribution in [0, 0.1) is 29.4 Å². The number of fused-ring (bicyclic) bond motifs is 4. The van der Waals surface area contributed by atoms with Gasteiger partial charge in [-0.15, -0.1) is 0 Å². The van der Waals surface area contributed by atoms with Gasteiger partial charge in [-0.05, 0) is 62.1 Å². The number of alkyl halides is 5. The summed E-state index contributed by atoms with van der Waals surface area (Å²) in [6, 6.07) is 8.45. The van der Waals surface area contributed by atoms with Gasteiger partial charge < -0.3 is 15.4 Å². The summed E-state index contributed by atoms with van der Waals surface area (Å²) < 4.78 is 102. The summed E-state index contributed by atoms with van der Waals surface area (Å²) in [5.41, 5.74) is -6.06. The van der Waals surface area contributed by atoms with Crippen molar-refractivity contribution in [1.82, 2.24) is 30.0 Å². The smallest absolute Gasteiger partial charge is 0.378 e. The molecule has 17 heteroatoms. The molecule has 3 aromatic heterocycles. The van der Waals surface area contributed by atoms with Crippen molar-refractivity contribution in [3.8, 4) is 23.0 Å². The van der Waals surface area contributed by atoms with Crippen LogP contribution in [-0.4, -0.2) is 41.3 Å². The monoisotopic (exact) mass is 752 g/mol. The molecule has 0 radical (unpaired) electrons. The molecule has 3 heterocycles. The molecule has 0 spiro atoms. The molecule has 2 aliphatic carbocycles. The fourth-order valence-corrected chi connectivity index (χ4v) is 6.81. The number of H-pyrrole nitrogens is 2. The summed E-state index contributed by atoms with van der Waals surface area (Å²) in [6.45, 7) is 1.69. The molecule has 2 aromatic carbocycles. The predicted octanol–water partition coefficient (Wildman–Crippen LogP) is 5.37. The van der Waals surface area contributed by atoms with E-state index in [9.17, 15) is 41.4 Å². The number of benzene rings is 2. The Bertz CT molecular complexity index is 2550. The lowest BCUT2D eigenvalue weighted by Crippen LogP contribution is -2.36. The van der Waals surface area contributed by atoms with Gasteiger partial charge in [0.1, 0.15) is 35.2 Å². The number of halogens is 7. The van der Waals surface area contributed by atoms with E-state index in [0.717, 1.165) is 18.2 Å². The molecule has 1 amide bonds. The maximum Gasteiger partial charge on any atom is 0.435 e. The molecule has 0 bridgehead atoms. The molecule has 5 aromatic rings. The predicted molar refractivity (Wildman–Crippen MR) is 179 cm³/mol. The molecule has 2 aliphatic rings. The van der Waals surface area contributed by atoms with E-state index >= 15 is 8.78 Å². The maximum atomic E-state index is 15.5. The topological polar surface area (TPSA) is 146 Å². The van der Waals surface area contributed by atoms with Gasteiger partial charge >= 0.3 is 11.9 Å². The standard InChI is InChI=1S/C37H27F7N6O4/c1-35(2,54)11-10-20-6-7-22(21-4-3-5-24-29(21)47-34(53)48-33(24)52)30(45-20)26(14-17-12-18(38)15-19(39)13-17)46-27(51)16-50-32-28(31(49-50)37(42,43)44)23-8-9-25(23)36(32,40)41/h3-9,12-13,15,23,25-26,54H,14,16H2,1-2H3,(H,46,51)(H2,47,48,52,53)/t23-,25+,26-/m0/s1. The van der Waals surface area contributed by atoms with Crippen molar-refractivity contribution in [2.45, 2.75) is 56.5 Å². The minimum absolute atomic E-state index is 0.0187. The third kappa shape index (κ3) is 6.68. The third-order valence-corrected chi connectivity index (χ3v) is 9.04. The van der Waals surface area contributed by atoms with Gasteiger partial charge in [-0.25, -0.2) is 18.6 Å². The van der Waals surface area contributed by atoms with E-state index in [0.29, 0.717) is 10.7 Å². The van der Waals surface area contributed by atoms with E-state index in [-0.39, 0.29) is 39.0 Å². The highest BCUT2D eigenvalue weighted by Crippen LogP contribution is 2.60. The van der Waals surface area contributed by atoms with Crippen LogP contribution in [0.3, 0.4) is 0 Å². The SMILES string of the molecule is CC(C)(O)C#Cc1ccc(-c2cccc3c(=O)[nH]c(=O)[nH]c23)c([C@H](Cc2cc(F)cc(F)c2)NC(=O)Cn2nc(C(F)(F)F)c3c2C(F)(F)[C@@H]2C=C[C@H]32)n1. The van der Waals surface area contributed by atoms with Crippen LogP contribution in [0.1, 0.15) is 59.7 Å². The summed E-state index contributed by atoms with van der Waals surface area (Å²) in [4.78, 5) is 48.1. The second-order valence-corrected chi connectivity index (χ2v) is 13.5. The van der Waals surface area contributed by atoms with Gasteiger partial charge in [0.25, 0.3) is 11.5 Å². The number of para-hydroxylation sites is 1. The van der Waals surface area contributed by atoms with Gasteiger partial charge in [0.05, 0.1) is 28.6 Å². The first kappa shape index (κ1) is 36.3. The number of pyridine rings is 1. The number of nitrogens with one attached hydrogen (secondary N) is 3. The van der Waals surface area contributed by atoms with E-state index in [4.69, 9.17) is 0 Å². The Hall–Kier alpha value is -6.02. The Kier molecular flexibility index (Phi) is 8.64. The van der Waals surface area contributed by atoms with Crippen molar-refractivity contribution < 1.29 is 40.6 Å². The Morgan fingerprint density at radius 2 is 1.76 bits per heavy atom. The van der Waals surface area contributed by atoms with Crippen LogP contribution in [-0.2, 0) is 29.9 Å². The molecule has 0 aliphatic heterocycles. The molecule has 3 atom stereocenters. The largest absolute Gasteiger partial charge is 0.435 e. The molecule has 0 unspecified atom stereocenters. The van der Waals surface area contributed by atoms with Gasteiger partial charge in [0.15, 0.2) is 5.69 Å². The van der Waals surface area contributed by atoms with Crippen molar-refractivity contribution in [1.29, 1.82) is 0 Å². The van der Waals surface area contributed by atoms with E-state index in [1.807, 2.05) is 0 Å². The average molecular weight is 753 g/mol. The van der Waals surface area contributed by atoms with E-state index in [2.05, 4.69) is 37.2 Å². The molecule has 54 heavy (non-hydrogen) atoms. The molecule has 0 fully saturated rings. The van der Waals surface area contributed by atoms with Crippen LogP contribution < -0.4 is 16.6 Å². The average Bonchev–Trinajstić information content (AvgIpc) is 3.47. The molecule has 10 nitrogen and oxygen atoms in total. The summed E-state index contributed by atoms with van der Waals surface area (Å²) in [7, 11) is 0. The zero-order chi connectivity index (χ0) is 38.9. The fourth-order valence-electron chi connectivity index (χ4n) is 6.81. The number of aromatic amines is 2. The zero-order valence-electron chi connectivity index (χ0n) is 28.1. The summed E-state index contributed by atoms with van der Waals surface area (Å²) in [6.07, 6.45) is -3.22. The maximum absolute atomic E-state index is 15.5. The number of hydrogen-bond acceptors (Lipinski definition) is 6.